The summed E-state index contributed by atoms with van der Waals surface area (Å²) in [5.74, 6) is 1.93. The van der Waals surface area contributed by atoms with Crippen LogP contribution in [0.5, 0.6) is 0 Å². The van der Waals surface area contributed by atoms with Gasteiger partial charge in [-0.3, -0.25) is 4.98 Å². The molecule has 0 N–H and O–H groups in total. The minimum atomic E-state index is -0.108. The lowest BCUT2D eigenvalue weighted by molar-refractivity contribution is 0.661. The third-order valence-corrected chi connectivity index (χ3v) is 9.84. The number of aromatic nitrogens is 4. The summed E-state index contributed by atoms with van der Waals surface area (Å²) in [6.07, 6.45) is 3.62. The maximum atomic E-state index is 5.04. The molecule has 49 heavy (non-hydrogen) atoms. The van der Waals surface area contributed by atoms with Gasteiger partial charge in [0.25, 0.3) is 0 Å². The zero-order valence-corrected chi connectivity index (χ0v) is 27.3. The van der Waals surface area contributed by atoms with Crippen LogP contribution in [0, 0.1) is 0 Å². The molecule has 9 rings (SSSR count). The largest absolute Gasteiger partial charge is 0.265 e. The van der Waals surface area contributed by atoms with Crippen LogP contribution in [0.25, 0.3) is 78.3 Å². The fourth-order valence-corrected chi connectivity index (χ4v) is 7.23. The molecule has 0 spiro atoms. The molecule has 0 atom stereocenters. The van der Waals surface area contributed by atoms with Gasteiger partial charge in [0.2, 0.25) is 0 Å². The predicted molar refractivity (Wildman–Crippen MR) is 200 cm³/mol. The van der Waals surface area contributed by atoms with Crippen molar-refractivity contribution in [3.63, 3.8) is 0 Å². The second-order valence-electron chi connectivity index (χ2n) is 13.2. The molecule has 4 nitrogen and oxygen atoms in total. The Labute approximate surface area is 285 Å². The third kappa shape index (κ3) is 5.01. The molecule has 4 heteroatoms. The molecule has 0 aliphatic heterocycles. The summed E-state index contributed by atoms with van der Waals surface area (Å²) in [5.41, 5.74) is 12.7. The molecule has 0 fully saturated rings. The number of rotatable bonds is 5. The first-order valence-electron chi connectivity index (χ1n) is 16.6. The lowest BCUT2D eigenvalue weighted by Crippen LogP contribution is -2.15. The van der Waals surface area contributed by atoms with E-state index in [0.29, 0.717) is 17.5 Å². The van der Waals surface area contributed by atoms with Crippen LogP contribution in [0.15, 0.2) is 158 Å². The molecule has 0 radical (unpaired) electrons. The van der Waals surface area contributed by atoms with Crippen molar-refractivity contribution >= 4 is 10.8 Å². The molecule has 2 aromatic heterocycles. The van der Waals surface area contributed by atoms with E-state index in [1.54, 1.807) is 0 Å². The molecule has 0 bridgehead atoms. The number of fused-ring (bicyclic) bond motifs is 5. The third-order valence-electron chi connectivity index (χ3n) is 9.84. The highest BCUT2D eigenvalue weighted by molar-refractivity contribution is 6.02. The van der Waals surface area contributed by atoms with Crippen LogP contribution >= 0.6 is 0 Å². The Hall–Kier alpha value is -6.26. The second-order valence-corrected chi connectivity index (χ2v) is 13.2. The van der Waals surface area contributed by atoms with E-state index in [1.165, 1.54) is 38.6 Å². The fraction of sp³-hybridized carbons (Fsp3) is 0.0667. The van der Waals surface area contributed by atoms with Crippen molar-refractivity contribution in [1.82, 2.24) is 19.9 Å². The first-order valence-corrected chi connectivity index (χ1v) is 16.6. The van der Waals surface area contributed by atoms with E-state index in [2.05, 4.69) is 122 Å². The summed E-state index contributed by atoms with van der Waals surface area (Å²) in [7, 11) is 0. The van der Waals surface area contributed by atoms with E-state index in [0.717, 1.165) is 33.4 Å². The zero-order chi connectivity index (χ0) is 33.0. The molecule has 2 heterocycles. The molecule has 0 saturated carbocycles. The van der Waals surface area contributed by atoms with E-state index in [1.807, 2.05) is 54.9 Å². The molecule has 6 aromatic carbocycles. The van der Waals surface area contributed by atoms with Crippen LogP contribution in [0.3, 0.4) is 0 Å². The van der Waals surface area contributed by atoms with Crippen LogP contribution in [0.4, 0.5) is 0 Å². The highest BCUT2D eigenvalue weighted by Gasteiger charge is 2.36. The van der Waals surface area contributed by atoms with Gasteiger partial charge in [-0.15, -0.1) is 0 Å². The van der Waals surface area contributed by atoms with Crippen molar-refractivity contribution in [2.75, 3.05) is 0 Å². The topological polar surface area (TPSA) is 51.6 Å². The normalized spacial score (nSPS) is 12.9. The van der Waals surface area contributed by atoms with E-state index in [-0.39, 0.29) is 5.41 Å². The van der Waals surface area contributed by atoms with Crippen LogP contribution in [0.2, 0.25) is 0 Å². The monoisotopic (exact) mass is 628 g/mol. The standard InChI is InChI=1S/C45H32N4/c1-45(2)39-22-20-31-9-6-7-14-37(31)41(39)38-21-19-35(28-40(38)45)34-12-8-13-36(27-34)44-48-42(32-10-4-3-5-11-32)47-43(49-44)33-17-15-29(16-18-33)30-23-25-46-26-24-30/h3-28H,1-2H3. The number of hydrogen-bond acceptors (Lipinski definition) is 4. The number of hydrogen-bond donors (Lipinski definition) is 0. The molecule has 8 aromatic rings. The summed E-state index contributed by atoms with van der Waals surface area (Å²) in [4.78, 5) is 19.1. The summed E-state index contributed by atoms with van der Waals surface area (Å²) in [6, 6.07) is 51.3. The highest BCUT2D eigenvalue weighted by atomic mass is 15.0. The average Bonchev–Trinajstić information content (AvgIpc) is 3.41. The van der Waals surface area contributed by atoms with Crippen molar-refractivity contribution in [2.24, 2.45) is 0 Å². The van der Waals surface area contributed by atoms with Gasteiger partial charge in [0.15, 0.2) is 17.5 Å². The molecule has 1 aliphatic rings. The van der Waals surface area contributed by atoms with Crippen molar-refractivity contribution in [2.45, 2.75) is 19.3 Å². The maximum absolute atomic E-state index is 5.04. The van der Waals surface area contributed by atoms with Gasteiger partial charge in [0.05, 0.1) is 0 Å². The van der Waals surface area contributed by atoms with E-state index in [9.17, 15) is 0 Å². The minimum Gasteiger partial charge on any atom is -0.265 e. The lowest BCUT2D eigenvalue weighted by Gasteiger charge is -2.22. The van der Waals surface area contributed by atoms with E-state index in [4.69, 9.17) is 15.0 Å². The number of benzene rings is 6. The molecule has 0 saturated heterocycles. The number of nitrogens with zero attached hydrogens (tertiary/aromatic N) is 4. The quantitative estimate of drug-likeness (QED) is 0.190. The smallest absolute Gasteiger partial charge is 0.164 e. The number of pyridine rings is 1. The summed E-state index contributed by atoms with van der Waals surface area (Å²) >= 11 is 0. The Morgan fingerprint density at radius 3 is 1.76 bits per heavy atom. The molecule has 0 unspecified atom stereocenters. The van der Waals surface area contributed by atoms with Gasteiger partial charge in [-0.25, -0.2) is 15.0 Å². The Kier molecular flexibility index (Phi) is 6.77. The van der Waals surface area contributed by atoms with Crippen LogP contribution in [0.1, 0.15) is 25.0 Å². The van der Waals surface area contributed by atoms with Crippen molar-refractivity contribution < 1.29 is 0 Å². The SMILES string of the molecule is CC1(C)c2cc(-c3cccc(-c4nc(-c5ccccc5)nc(-c5ccc(-c6ccncc6)cc5)n4)c3)ccc2-c2c1ccc1ccccc21. The van der Waals surface area contributed by atoms with Crippen molar-refractivity contribution in [3.8, 4) is 67.5 Å². The van der Waals surface area contributed by atoms with Crippen LogP contribution < -0.4 is 0 Å². The summed E-state index contributed by atoms with van der Waals surface area (Å²) in [6.45, 7) is 4.68. The summed E-state index contributed by atoms with van der Waals surface area (Å²) in [5, 5.41) is 2.59. The zero-order valence-electron chi connectivity index (χ0n) is 27.3. The fourth-order valence-electron chi connectivity index (χ4n) is 7.23. The molecule has 1 aliphatic carbocycles. The van der Waals surface area contributed by atoms with Gasteiger partial charge < -0.3 is 0 Å². The van der Waals surface area contributed by atoms with Gasteiger partial charge in [-0.1, -0.05) is 135 Å². The molecule has 0 amide bonds. The van der Waals surface area contributed by atoms with Gasteiger partial charge >= 0.3 is 0 Å². The lowest BCUT2D eigenvalue weighted by atomic mass is 9.81. The Morgan fingerprint density at radius 1 is 0.408 bits per heavy atom. The molecule has 232 valence electrons. The van der Waals surface area contributed by atoms with Gasteiger partial charge in [-0.2, -0.15) is 0 Å². The maximum Gasteiger partial charge on any atom is 0.164 e. The van der Waals surface area contributed by atoms with Crippen molar-refractivity contribution in [1.29, 1.82) is 0 Å². The highest BCUT2D eigenvalue weighted by Crippen LogP contribution is 2.52. The minimum absolute atomic E-state index is 0.108. The first-order chi connectivity index (χ1) is 24.0. The van der Waals surface area contributed by atoms with Crippen LogP contribution in [-0.2, 0) is 5.41 Å². The van der Waals surface area contributed by atoms with Gasteiger partial charge in [-0.05, 0) is 79.5 Å². The summed E-state index contributed by atoms with van der Waals surface area (Å²) < 4.78 is 0. The van der Waals surface area contributed by atoms with Crippen LogP contribution in [-0.4, -0.2) is 19.9 Å². The van der Waals surface area contributed by atoms with Crippen molar-refractivity contribution in [3.05, 3.63) is 169 Å². The first kappa shape index (κ1) is 28.9. The molecular weight excluding hydrogens is 597 g/mol. The second kappa shape index (κ2) is 11.5. The van der Waals surface area contributed by atoms with Gasteiger partial charge in [0, 0.05) is 34.5 Å². The predicted octanol–water partition coefficient (Wildman–Crippen LogP) is 11.1. The van der Waals surface area contributed by atoms with E-state index >= 15 is 0 Å². The van der Waals surface area contributed by atoms with E-state index < -0.39 is 0 Å². The van der Waals surface area contributed by atoms with Gasteiger partial charge in [0.1, 0.15) is 0 Å². The molecular formula is C45H32N4. The Bertz CT molecular complexity index is 2500. The average molecular weight is 629 g/mol. The Balaban J connectivity index is 1.13. The Morgan fingerprint density at radius 2 is 0.980 bits per heavy atom.